The van der Waals surface area contributed by atoms with Crippen LogP contribution < -0.4 is 11.1 Å². The van der Waals surface area contributed by atoms with E-state index < -0.39 is 0 Å². The lowest BCUT2D eigenvalue weighted by atomic mass is 10.1. The first-order valence-electron chi connectivity index (χ1n) is 10.2. The van der Waals surface area contributed by atoms with E-state index in [2.05, 4.69) is 33.6 Å². The maximum absolute atomic E-state index is 13.1. The Morgan fingerprint density at radius 3 is 2.65 bits per heavy atom. The molecule has 162 valence electrons. The Labute approximate surface area is 181 Å². The van der Waals surface area contributed by atoms with Gasteiger partial charge in [-0.3, -0.25) is 4.68 Å². The summed E-state index contributed by atoms with van der Waals surface area (Å²) in [6.07, 6.45) is 5.36. The molecule has 0 bridgehead atoms. The molecule has 0 atom stereocenters. The van der Waals surface area contributed by atoms with Crippen molar-refractivity contribution >= 4 is 11.6 Å². The third kappa shape index (κ3) is 4.39. The van der Waals surface area contributed by atoms with Crippen molar-refractivity contribution in [2.75, 3.05) is 20.1 Å². The molecule has 0 unspecified atom stereocenters. The number of aromatic nitrogens is 2. The Morgan fingerprint density at radius 2 is 1.97 bits per heavy atom. The largest absolute Gasteiger partial charge is 0.397 e. The van der Waals surface area contributed by atoms with E-state index in [4.69, 9.17) is 5.73 Å². The zero-order valence-corrected chi connectivity index (χ0v) is 17.8. The van der Waals surface area contributed by atoms with E-state index in [1.807, 2.05) is 19.2 Å². The van der Waals surface area contributed by atoms with E-state index in [9.17, 15) is 9.18 Å². The molecule has 4 rings (SSSR count). The summed E-state index contributed by atoms with van der Waals surface area (Å²) in [6.45, 7) is 8.78. The van der Waals surface area contributed by atoms with Crippen LogP contribution in [0, 0.1) is 5.82 Å². The van der Waals surface area contributed by atoms with Crippen LogP contribution in [-0.2, 0) is 13.1 Å². The molecular formula is C23H27FN6O. The van der Waals surface area contributed by atoms with Gasteiger partial charge in [0, 0.05) is 18.7 Å². The number of allylic oxidation sites excluding steroid dienone is 3. The first-order valence-corrected chi connectivity index (χ1v) is 10.2. The van der Waals surface area contributed by atoms with Crippen molar-refractivity contribution < 1.29 is 9.18 Å². The molecule has 0 saturated carbocycles. The van der Waals surface area contributed by atoms with Crippen LogP contribution in [0.2, 0.25) is 0 Å². The lowest BCUT2D eigenvalue weighted by Crippen LogP contribution is -2.46. The molecule has 0 spiro atoms. The number of halogens is 1. The highest BCUT2D eigenvalue weighted by Crippen LogP contribution is 2.28. The predicted molar refractivity (Wildman–Crippen MR) is 118 cm³/mol. The summed E-state index contributed by atoms with van der Waals surface area (Å²) in [5.41, 5.74) is 10.8. The molecule has 8 heteroatoms. The van der Waals surface area contributed by atoms with Crippen molar-refractivity contribution in [2.24, 2.45) is 5.73 Å². The third-order valence-electron chi connectivity index (χ3n) is 5.78. The lowest BCUT2D eigenvalue weighted by Gasteiger charge is -2.37. The number of rotatable bonds is 5. The first kappa shape index (κ1) is 20.9. The van der Waals surface area contributed by atoms with Gasteiger partial charge < -0.3 is 20.9 Å². The fraction of sp³-hybridized carbons (Fsp3) is 0.304. The Kier molecular flexibility index (Phi) is 5.65. The van der Waals surface area contributed by atoms with Crippen LogP contribution in [-0.4, -0.2) is 45.7 Å². The van der Waals surface area contributed by atoms with Gasteiger partial charge in [0.1, 0.15) is 5.82 Å². The van der Waals surface area contributed by atoms with Gasteiger partial charge in [-0.2, -0.15) is 5.10 Å². The number of likely N-dealkylation sites (tertiary alicyclic amines) is 1. The molecule has 31 heavy (non-hydrogen) atoms. The van der Waals surface area contributed by atoms with Crippen molar-refractivity contribution in [3.05, 3.63) is 83.2 Å². The number of carbonyl (C=O) groups excluding carboxylic acids is 1. The van der Waals surface area contributed by atoms with Crippen LogP contribution in [0.3, 0.4) is 0 Å². The smallest absolute Gasteiger partial charge is 0.322 e. The summed E-state index contributed by atoms with van der Waals surface area (Å²) in [5.74, 6) is -0.278. The van der Waals surface area contributed by atoms with Crippen molar-refractivity contribution in [1.29, 1.82) is 0 Å². The average Bonchev–Trinajstić information content (AvgIpc) is 3.31. The van der Waals surface area contributed by atoms with Crippen molar-refractivity contribution in [3.8, 4) is 0 Å². The SMILES string of the molecule is C=C(NC(=O)N1Cc2cnn(C3CN(C)C3)c2C1)/C(N)=C\C=C(/C)c1ccc(F)cc1. The molecule has 2 aliphatic heterocycles. The summed E-state index contributed by atoms with van der Waals surface area (Å²) >= 11 is 0. The minimum Gasteiger partial charge on any atom is -0.397 e. The molecule has 1 saturated heterocycles. The van der Waals surface area contributed by atoms with Crippen LogP contribution in [0.1, 0.15) is 29.8 Å². The number of nitrogens with zero attached hydrogens (tertiary/aromatic N) is 4. The Balaban J connectivity index is 1.35. The minimum atomic E-state index is -0.278. The van der Waals surface area contributed by atoms with Gasteiger partial charge in [-0.1, -0.05) is 24.8 Å². The van der Waals surface area contributed by atoms with Gasteiger partial charge in [-0.15, -0.1) is 0 Å². The van der Waals surface area contributed by atoms with Gasteiger partial charge in [0.25, 0.3) is 0 Å². The maximum Gasteiger partial charge on any atom is 0.322 e. The second kappa shape index (κ2) is 8.39. The Bertz CT molecular complexity index is 1060. The number of carbonyl (C=O) groups is 1. The molecule has 2 aliphatic rings. The molecule has 7 nitrogen and oxygen atoms in total. The predicted octanol–water partition coefficient (Wildman–Crippen LogP) is 2.99. The number of hydrogen-bond acceptors (Lipinski definition) is 4. The maximum atomic E-state index is 13.1. The second-order valence-corrected chi connectivity index (χ2v) is 8.18. The van der Waals surface area contributed by atoms with E-state index >= 15 is 0 Å². The average molecular weight is 423 g/mol. The first-order chi connectivity index (χ1) is 14.8. The van der Waals surface area contributed by atoms with Crippen LogP contribution >= 0.6 is 0 Å². The van der Waals surface area contributed by atoms with E-state index in [1.54, 1.807) is 23.1 Å². The zero-order chi connectivity index (χ0) is 22.1. The fourth-order valence-corrected chi connectivity index (χ4v) is 3.86. The Morgan fingerprint density at radius 1 is 1.26 bits per heavy atom. The molecule has 1 aromatic heterocycles. The van der Waals surface area contributed by atoms with E-state index in [0.717, 1.165) is 35.5 Å². The normalized spacial score (nSPS) is 17.5. The van der Waals surface area contributed by atoms with Gasteiger partial charge in [0.05, 0.1) is 42.4 Å². The zero-order valence-electron chi connectivity index (χ0n) is 17.8. The highest BCUT2D eigenvalue weighted by Gasteiger charge is 2.33. The number of amides is 2. The highest BCUT2D eigenvalue weighted by molar-refractivity contribution is 5.77. The van der Waals surface area contributed by atoms with Crippen molar-refractivity contribution in [3.63, 3.8) is 0 Å². The molecule has 3 heterocycles. The molecular weight excluding hydrogens is 395 g/mol. The quantitative estimate of drug-likeness (QED) is 0.726. The van der Waals surface area contributed by atoms with Crippen LogP contribution in [0.15, 0.2) is 60.6 Å². The van der Waals surface area contributed by atoms with Crippen molar-refractivity contribution in [1.82, 2.24) is 24.9 Å². The highest BCUT2D eigenvalue weighted by atomic mass is 19.1. The molecule has 0 aliphatic carbocycles. The van der Waals surface area contributed by atoms with E-state index in [1.165, 1.54) is 12.1 Å². The van der Waals surface area contributed by atoms with Crippen molar-refractivity contribution in [2.45, 2.75) is 26.1 Å². The molecule has 1 aromatic carbocycles. The summed E-state index contributed by atoms with van der Waals surface area (Å²) < 4.78 is 15.1. The number of likely N-dealkylation sites (N-methyl/N-ethyl adjacent to an activating group) is 1. The molecule has 1 fully saturated rings. The van der Waals surface area contributed by atoms with Crippen LogP contribution in [0.25, 0.3) is 5.57 Å². The number of benzene rings is 1. The van der Waals surface area contributed by atoms with Gasteiger partial charge >= 0.3 is 6.03 Å². The molecule has 2 amide bonds. The molecule has 2 aromatic rings. The van der Waals surface area contributed by atoms with E-state index in [0.29, 0.717) is 30.5 Å². The van der Waals surface area contributed by atoms with E-state index in [-0.39, 0.29) is 11.8 Å². The fourth-order valence-electron chi connectivity index (χ4n) is 3.86. The van der Waals surface area contributed by atoms with Gasteiger partial charge in [-0.05, 0) is 43.3 Å². The monoisotopic (exact) mass is 422 g/mol. The minimum absolute atomic E-state index is 0.242. The van der Waals surface area contributed by atoms with Gasteiger partial charge in [-0.25, -0.2) is 9.18 Å². The second-order valence-electron chi connectivity index (χ2n) is 8.18. The number of nitrogens with two attached hydrogens (primary N) is 1. The lowest BCUT2D eigenvalue weighted by molar-refractivity contribution is 0.126. The molecule has 3 N–H and O–H groups in total. The summed E-state index contributed by atoms with van der Waals surface area (Å²) in [5, 5.41) is 7.29. The number of urea groups is 1. The molecule has 0 radical (unpaired) electrons. The van der Waals surface area contributed by atoms with Crippen LogP contribution in [0.5, 0.6) is 0 Å². The van der Waals surface area contributed by atoms with Gasteiger partial charge in [0.2, 0.25) is 0 Å². The Hall–Kier alpha value is -3.39. The summed E-state index contributed by atoms with van der Waals surface area (Å²) in [4.78, 5) is 16.7. The third-order valence-corrected chi connectivity index (χ3v) is 5.78. The summed E-state index contributed by atoms with van der Waals surface area (Å²) in [7, 11) is 2.08. The number of nitrogens with one attached hydrogen (secondary N) is 1. The number of fused-ring (bicyclic) bond motifs is 1. The topological polar surface area (TPSA) is 79.4 Å². The summed E-state index contributed by atoms with van der Waals surface area (Å²) in [6, 6.07) is 6.37. The van der Waals surface area contributed by atoms with Crippen LogP contribution in [0.4, 0.5) is 9.18 Å². The van der Waals surface area contributed by atoms with Gasteiger partial charge in [0.15, 0.2) is 0 Å². The standard InChI is InChI=1S/C23H27FN6O/c1-15(17-5-7-19(24)8-6-17)4-9-21(25)16(2)27-23(31)29-11-18-10-26-30(22(18)14-29)20-12-28(3)13-20/h4-10,20H,2,11-14,25H2,1,3H3,(H,27,31)/b15-4+,21-9+. The number of hydrogen-bond donors (Lipinski definition) is 2.